The Balaban J connectivity index is 2.21. The van der Waals surface area contributed by atoms with Gasteiger partial charge in [0.15, 0.2) is 0 Å². The molecule has 3 nitrogen and oxygen atoms in total. The minimum Gasteiger partial charge on any atom is -0.306 e. The van der Waals surface area contributed by atoms with Gasteiger partial charge in [0.1, 0.15) is 11.6 Å². The molecule has 0 unspecified atom stereocenters. The van der Waals surface area contributed by atoms with Gasteiger partial charge in [0.05, 0.1) is 10.7 Å². The van der Waals surface area contributed by atoms with Crippen molar-refractivity contribution in [2.24, 2.45) is 0 Å². The van der Waals surface area contributed by atoms with Crippen LogP contribution >= 0.6 is 15.9 Å². The van der Waals surface area contributed by atoms with Gasteiger partial charge in [-0.1, -0.05) is 17.7 Å². The predicted octanol–water partition coefficient (Wildman–Crippen LogP) is 3.54. The van der Waals surface area contributed by atoms with Gasteiger partial charge in [-0.15, -0.1) is 0 Å². The van der Waals surface area contributed by atoms with Gasteiger partial charge in [0.25, 0.3) is 5.91 Å². The van der Waals surface area contributed by atoms with Crippen LogP contribution < -0.4 is 5.32 Å². The highest BCUT2D eigenvalue weighted by Gasteiger charge is 2.09. The second-order valence-electron chi connectivity index (χ2n) is 3.81. The number of aromatic nitrogens is 1. The Labute approximate surface area is 112 Å². The van der Waals surface area contributed by atoms with Gasteiger partial charge < -0.3 is 5.32 Å². The number of pyridine rings is 1. The average molecular weight is 309 g/mol. The summed E-state index contributed by atoms with van der Waals surface area (Å²) in [5.41, 5.74) is 1.53. The molecule has 2 rings (SSSR count). The van der Waals surface area contributed by atoms with Crippen molar-refractivity contribution in [2.45, 2.75) is 6.92 Å². The molecule has 0 aliphatic carbocycles. The lowest BCUT2D eigenvalue weighted by molar-refractivity contribution is 0.102. The van der Waals surface area contributed by atoms with E-state index in [9.17, 15) is 9.18 Å². The zero-order valence-corrected chi connectivity index (χ0v) is 11.2. The number of rotatable bonds is 2. The van der Waals surface area contributed by atoms with E-state index in [2.05, 4.69) is 26.2 Å². The number of benzene rings is 1. The van der Waals surface area contributed by atoms with Crippen LogP contribution in [0.4, 0.5) is 10.2 Å². The van der Waals surface area contributed by atoms with Crippen LogP contribution in [-0.2, 0) is 0 Å². The van der Waals surface area contributed by atoms with Crippen LogP contribution in [-0.4, -0.2) is 10.9 Å². The molecule has 1 N–H and O–H groups in total. The predicted molar refractivity (Wildman–Crippen MR) is 71.0 cm³/mol. The molecule has 18 heavy (non-hydrogen) atoms. The van der Waals surface area contributed by atoms with Crippen LogP contribution in [0.15, 0.2) is 41.0 Å². The zero-order valence-electron chi connectivity index (χ0n) is 9.58. The summed E-state index contributed by atoms with van der Waals surface area (Å²) in [5, 5.41) is 2.62. The number of aryl methyl sites for hydroxylation is 1. The molecule has 5 heteroatoms. The smallest absolute Gasteiger partial charge is 0.256 e. The van der Waals surface area contributed by atoms with E-state index < -0.39 is 5.82 Å². The molecular weight excluding hydrogens is 299 g/mol. The van der Waals surface area contributed by atoms with Crippen molar-refractivity contribution in [3.8, 4) is 0 Å². The molecule has 0 aliphatic rings. The summed E-state index contributed by atoms with van der Waals surface area (Å²) in [6, 6.07) is 8.44. The van der Waals surface area contributed by atoms with Gasteiger partial charge in [-0.3, -0.25) is 4.79 Å². The van der Waals surface area contributed by atoms with E-state index in [0.717, 1.165) is 11.8 Å². The SMILES string of the molecule is Cc1cccc(C(=O)Nc2ncc(F)cc2Br)c1. The van der Waals surface area contributed by atoms with Crippen molar-refractivity contribution in [1.29, 1.82) is 0 Å². The molecule has 1 amide bonds. The summed E-state index contributed by atoms with van der Waals surface area (Å²) in [6.45, 7) is 1.91. The maximum Gasteiger partial charge on any atom is 0.256 e. The second-order valence-corrected chi connectivity index (χ2v) is 4.66. The highest BCUT2D eigenvalue weighted by atomic mass is 79.9. The minimum atomic E-state index is -0.463. The first kappa shape index (κ1) is 12.7. The Morgan fingerprint density at radius 1 is 1.39 bits per heavy atom. The van der Waals surface area contributed by atoms with Crippen molar-refractivity contribution < 1.29 is 9.18 Å². The Hall–Kier alpha value is -1.75. The van der Waals surface area contributed by atoms with E-state index >= 15 is 0 Å². The summed E-state index contributed by atoms with van der Waals surface area (Å²) in [5.74, 6) is -0.447. The summed E-state index contributed by atoms with van der Waals surface area (Å²) in [7, 11) is 0. The third-order valence-electron chi connectivity index (χ3n) is 2.32. The molecule has 1 aromatic carbocycles. The third-order valence-corrected chi connectivity index (χ3v) is 2.92. The monoisotopic (exact) mass is 308 g/mol. The van der Waals surface area contributed by atoms with Crippen LogP contribution in [0, 0.1) is 12.7 Å². The molecule has 0 fully saturated rings. The lowest BCUT2D eigenvalue weighted by Gasteiger charge is -2.06. The molecule has 1 aromatic heterocycles. The first-order chi connectivity index (χ1) is 8.56. The van der Waals surface area contributed by atoms with E-state index in [0.29, 0.717) is 15.9 Å². The minimum absolute atomic E-state index is 0.279. The van der Waals surface area contributed by atoms with Crippen LogP contribution in [0.5, 0.6) is 0 Å². The summed E-state index contributed by atoms with van der Waals surface area (Å²) >= 11 is 3.15. The molecule has 0 aliphatic heterocycles. The highest BCUT2D eigenvalue weighted by molar-refractivity contribution is 9.10. The average Bonchev–Trinajstić information content (AvgIpc) is 2.32. The molecule has 92 valence electrons. The number of hydrogen-bond donors (Lipinski definition) is 1. The van der Waals surface area contributed by atoms with Crippen molar-refractivity contribution in [1.82, 2.24) is 4.98 Å². The molecule has 0 spiro atoms. The Morgan fingerprint density at radius 2 is 2.17 bits per heavy atom. The summed E-state index contributed by atoms with van der Waals surface area (Å²) in [4.78, 5) is 15.7. The van der Waals surface area contributed by atoms with E-state index in [1.54, 1.807) is 18.2 Å². The fourth-order valence-corrected chi connectivity index (χ4v) is 1.89. The standard InChI is InChI=1S/C13H10BrFN2O/c1-8-3-2-4-9(5-8)13(18)17-12-11(14)6-10(15)7-16-12/h2-7H,1H3,(H,16,17,18). The van der Waals surface area contributed by atoms with Crippen LogP contribution in [0.2, 0.25) is 0 Å². The van der Waals surface area contributed by atoms with Gasteiger partial charge >= 0.3 is 0 Å². The van der Waals surface area contributed by atoms with Crippen LogP contribution in [0.3, 0.4) is 0 Å². The molecule has 0 radical (unpaired) electrons. The van der Waals surface area contributed by atoms with Gasteiger partial charge in [-0.25, -0.2) is 9.37 Å². The number of hydrogen-bond acceptors (Lipinski definition) is 2. The lowest BCUT2D eigenvalue weighted by Crippen LogP contribution is -2.13. The molecule has 0 saturated carbocycles. The van der Waals surface area contributed by atoms with Crippen LogP contribution in [0.25, 0.3) is 0 Å². The van der Waals surface area contributed by atoms with Crippen molar-refractivity contribution >= 4 is 27.7 Å². The van der Waals surface area contributed by atoms with E-state index in [1.165, 1.54) is 6.07 Å². The largest absolute Gasteiger partial charge is 0.306 e. The first-order valence-electron chi connectivity index (χ1n) is 5.25. The van der Waals surface area contributed by atoms with Crippen molar-refractivity contribution in [3.63, 3.8) is 0 Å². The lowest BCUT2D eigenvalue weighted by atomic mass is 10.1. The quantitative estimate of drug-likeness (QED) is 0.922. The molecule has 0 atom stereocenters. The highest BCUT2D eigenvalue weighted by Crippen LogP contribution is 2.20. The topological polar surface area (TPSA) is 42.0 Å². The number of anilines is 1. The second kappa shape index (κ2) is 5.27. The van der Waals surface area contributed by atoms with E-state index in [-0.39, 0.29) is 5.91 Å². The maximum atomic E-state index is 12.9. The van der Waals surface area contributed by atoms with E-state index in [4.69, 9.17) is 0 Å². The van der Waals surface area contributed by atoms with Gasteiger partial charge in [-0.2, -0.15) is 0 Å². The number of halogens is 2. The van der Waals surface area contributed by atoms with Crippen LogP contribution in [0.1, 0.15) is 15.9 Å². The number of amides is 1. The molecule has 2 aromatic rings. The summed E-state index contributed by atoms with van der Waals surface area (Å²) in [6.07, 6.45) is 1.05. The number of nitrogens with one attached hydrogen (secondary N) is 1. The van der Waals surface area contributed by atoms with Gasteiger partial charge in [0.2, 0.25) is 0 Å². The zero-order chi connectivity index (χ0) is 13.1. The van der Waals surface area contributed by atoms with E-state index in [1.807, 2.05) is 13.0 Å². The molecular formula is C13H10BrFN2O. The number of carbonyl (C=O) groups excluding carboxylic acids is 1. The van der Waals surface area contributed by atoms with Gasteiger partial charge in [0, 0.05) is 5.56 Å². The van der Waals surface area contributed by atoms with Gasteiger partial charge in [-0.05, 0) is 41.1 Å². The van der Waals surface area contributed by atoms with Crippen molar-refractivity contribution in [2.75, 3.05) is 5.32 Å². The molecule has 0 saturated heterocycles. The Bertz CT molecular complexity index is 601. The third kappa shape index (κ3) is 2.92. The molecule has 1 heterocycles. The normalized spacial score (nSPS) is 10.2. The van der Waals surface area contributed by atoms with Crippen molar-refractivity contribution in [3.05, 3.63) is 57.9 Å². The summed E-state index contributed by atoms with van der Waals surface area (Å²) < 4.78 is 13.3. The fraction of sp³-hybridized carbons (Fsp3) is 0.0769. The first-order valence-corrected chi connectivity index (χ1v) is 6.04. The Morgan fingerprint density at radius 3 is 2.83 bits per heavy atom. The number of nitrogens with zero attached hydrogens (tertiary/aromatic N) is 1. The fourth-order valence-electron chi connectivity index (χ4n) is 1.47. The maximum absolute atomic E-state index is 12.9. The Kier molecular flexibility index (Phi) is 3.72. The molecule has 0 bridgehead atoms. The number of carbonyl (C=O) groups is 1.